The van der Waals surface area contributed by atoms with E-state index in [4.69, 9.17) is 4.74 Å². The molecule has 0 spiro atoms. The second-order valence-electron chi connectivity index (χ2n) is 8.20. The van der Waals surface area contributed by atoms with Crippen molar-refractivity contribution >= 4 is 28.6 Å². The van der Waals surface area contributed by atoms with Crippen molar-refractivity contribution in [3.05, 3.63) is 59.0 Å². The lowest BCUT2D eigenvalue weighted by atomic mass is 10.0. The topological polar surface area (TPSA) is 96.4 Å². The lowest BCUT2D eigenvalue weighted by Crippen LogP contribution is -2.36. The minimum absolute atomic E-state index is 0.243. The smallest absolute Gasteiger partial charge is 0.325 e. The van der Waals surface area contributed by atoms with Crippen molar-refractivity contribution in [1.29, 1.82) is 0 Å². The highest BCUT2D eigenvalue weighted by atomic mass is 16.5. The molecule has 0 aliphatic carbocycles. The number of aryl methyl sites for hydroxylation is 1. The summed E-state index contributed by atoms with van der Waals surface area (Å²) in [7, 11) is 1.66. The number of fused-ring (bicyclic) bond motifs is 1. The molecule has 32 heavy (non-hydrogen) atoms. The van der Waals surface area contributed by atoms with Crippen molar-refractivity contribution in [2.24, 2.45) is 0 Å². The molecule has 0 bridgehead atoms. The molecule has 3 amide bonds. The van der Waals surface area contributed by atoms with Gasteiger partial charge in [-0.25, -0.2) is 4.79 Å². The van der Waals surface area contributed by atoms with Crippen molar-refractivity contribution in [2.45, 2.75) is 39.3 Å². The molecule has 0 unspecified atom stereocenters. The summed E-state index contributed by atoms with van der Waals surface area (Å²) in [6, 6.07) is 8.43. The number of nitrogens with zero attached hydrogens (tertiary/aromatic N) is 2. The molecule has 0 saturated carbocycles. The highest BCUT2D eigenvalue weighted by Crippen LogP contribution is 2.22. The molecule has 1 aliphatic heterocycles. The highest BCUT2D eigenvalue weighted by molar-refractivity contribution is 6.09. The van der Waals surface area contributed by atoms with Gasteiger partial charge in [-0.2, -0.15) is 0 Å². The second-order valence-corrected chi connectivity index (χ2v) is 8.20. The SMILES string of the molecule is COCCCn1c(C)cc(C(=O)CN2C(=O)N[C@@H](Cc3c[nH]c4ccccc34)C2=O)c1C. The molecule has 1 fully saturated rings. The second kappa shape index (κ2) is 9.00. The molecule has 8 nitrogen and oxygen atoms in total. The Hall–Kier alpha value is -3.39. The van der Waals surface area contributed by atoms with Gasteiger partial charge in [0.2, 0.25) is 0 Å². The number of imide groups is 1. The molecular formula is C24H28N4O4. The largest absolute Gasteiger partial charge is 0.385 e. The maximum atomic E-state index is 13.0. The summed E-state index contributed by atoms with van der Waals surface area (Å²) in [4.78, 5) is 42.6. The first-order valence-electron chi connectivity index (χ1n) is 10.8. The Morgan fingerprint density at radius 1 is 1.19 bits per heavy atom. The Kier molecular flexibility index (Phi) is 6.14. The zero-order valence-electron chi connectivity index (χ0n) is 18.6. The third-order valence-corrected chi connectivity index (χ3v) is 6.11. The number of hydrogen-bond donors (Lipinski definition) is 2. The summed E-state index contributed by atoms with van der Waals surface area (Å²) >= 11 is 0. The monoisotopic (exact) mass is 436 g/mol. The molecule has 1 aliphatic rings. The molecule has 1 saturated heterocycles. The molecule has 2 aromatic heterocycles. The zero-order valence-corrected chi connectivity index (χ0v) is 18.6. The number of benzene rings is 1. The van der Waals surface area contributed by atoms with Gasteiger partial charge in [-0.15, -0.1) is 0 Å². The Morgan fingerprint density at radius 3 is 2.75 bits per heavy atom. The van der Waals surface area contributed by atoms with Gasteiger partial charge in [-0.05, 0) is 38.0 Å². The van der Waals surface area contributed by atoms with Crippen LogP contribution >= 0.6 is 0 Å². The number of rotatable bonds is 9. The number of para-hydroxylation sites is 1. The van der Waals surface area contributed by atoms with Crippen LogP contribution < -0.4 is 5.32 Å². The molecule has 4 rings (SSSR count). The maximum Gasteiger partial charge on any atom is 0.325 e. The molecule has 1 atom stereocenters. The first-order chi connectivity index (χ1) is 15.4. The molecular weight excluding hydrogens is 408 g/mol. The van der Waals surface area contributed by atoms with Gasteiger partial charge in [-0.3, -0.25) is 14.5 Å². The minimum Gasteiger partial charge on any atom is -0.385 e. The number of H-pyrrole nitrogens is 1. The first kappa shape index (κ1) is 21.8. The van der Waals surface area contributed by atoms with E-state index < -0.39 is 12.1 Å². The van der Waals surface area contributed by atoms with Gasteiger partial charge in [0, 0.05) is 60.7 Å². The number of aromatic nitrogens is 2. The van der Waals surface area contributed by atoms with Gasteiger partial charge < -0.3 is 19.6 Å². The lowest BCUT2D eigenvalue weighted by Gasteiger charge is -2.13. The number of nitrogens with one attached hydrogen (secondary N) is 2. The van der Waals surface area contributed by atoms with E-state index in [2.05, 4.69) is 14.9 Å². The number of amides is 3. The Bertz CT molecular complexity index is 1180. The summed E-state index contributed by atoms with van der Waals surface area (Å²) in [6.07, 6.45) is 3.06. The van der Waals surface area contributed by atoms with E-state index in [1.54, 1.807) is 7.11 Å². The molecule has 3 heterocycles. The van der Waals surface area contributed by atoms with E-state index in [0.717, 1.165) is 45.7 Å². The quantitative estimate of drug-likeness (QED) is 0.306. The fraction of sp³-hybridized carbons (Fsp3) is 0.375. The fourth-order valence-corrected chi connectivity index (χ4v) is 4.41. The predicted molar refractivity (Wildman–Crippen MR) is 121 cm³/mol. The molecule has 3 aromatic rings. The molecule has 168 valence electrons. The summed E-state index contributed by atoms with van der Waals surface area (Å²) in [5.74, 6) is -0.616. The van der Waals surface area contributed by atoms with Crippen molar-refractivity contribution in [1.82, 2.24) is 19.8 Å². The van der Waals surface area contributed by atoms with Crippen molar-refractivity contribution in [2.75, 3.05) is 20.3 Å². The van der Waals surface area contributed by atoms with Crippen LogP contribution in [0, 0.1) is 13.8 Å². The normalized spacial score (nSPS) is 16.2. The molecule has 0 radical (unpaired) electrons. The van der Waals surface area contributed by atoms with E-state index in [1.807, 2.05) is 50.4 Å². The van der Waals surface area contributed by atoms with Gasteiger partial charge in [0.1, 0.15) is 6.04 Å². The number of ketones is 1. The van der Waals surface area contributed by atoms with Crippen LogP contribution in [-0.2, 0) is 22.5 Å². The third kappa shape index (κ3) is 4.05. The number of Topliss-reactive ketones (excluding diaryl/α,β-unsaturated/α-hetero) is 1. The number of carbonyl (C=O) groups excluding carboxylic acids is 3. The van der Waals surface area contributed by atoms with Crippen LogP contribution in [0.2, 0.25) is 0 Å². The average molecular weight is 437 g/mol. The van der Waals surface area contributed by atoms with Crippen molar-refractivity contribution in [3.63, 3.8) is 0 Å². The average Bonchev–Trinajstić information content (AvgIpc) is 3.40. The Morgan fingerprint density at radius 2 is 1.97 bits per heavy atom. The fourth-order valence-electron chi connectivity index (χ4n) is 4.41. The van der Waals surface area contributed by atoms with Crippen LogP contribution in [0.25, 0.3) is 10.9 Å². The number of aromatic amines is 1. The summed E-state index contributed by atoms with van der Waals surface area (Å²) in [5, 5.41) is 3.75. The molecule has 8 heteroatoms. The Balaban J connectivity index is 1.45. The van der Waals surface area contributed by atoms with Gasteiger partial charge >= 0.3 is 6.03 Å². The maximum absolute atomic E-state index is 13.0. The van der Waals surface area contributed by atoms with Crippen LogP contribution in [0.4, 0.5) is 4.79 Å². The van der Waals surface area contributed by atoms with Gasteiger partial charge in [0.25, 0.3) is 5.91 Å². The third-order valence-electron chi connectivity index (χ3n) is 6.11. The molecule has 1 aromatic carbocycles. The van der Waals surface area contributed by atoms with E-state index in [1.165, 1.54) is 0 Å². The lowest BCUT2D eigenvalue weighted by molar-refractivity contribution is -0.127. The standard InChI is InChI=1S/C24H28N4O4/c1-15-11-19(16(2)27(15)9-6-10-32-3)22(29)14-28-23(30)21(26-24(28)31)12-17-13-25-20-8-5-4-7-18(17)20/h4-5,7-8,11,13,21,25H,6,9-10,12,14H2,1-3H3,(H,26,31)/t21-/m0/s1. The van der Waals surface area contributed by atoms with Crippen molar-refractivity contribution < 1.29 is 19.1 Å². The number of ether oxygens (including phenoxy) is 1. The van der Waals surface area contributed by atoms with E-state index in [-0.39, 0.29) is 18.2 Å². The number of methoxy groups -OCH3 is 1. The van der Waals surface area contributed by atoms with Crippen LogP contribution in [-0.4, -0.2) is 58.5 Å². The van der Waals surface area contributed by atoms with Crippen LogP contribution in [0.3, 0.4) is 0 Å². The van der Waals surface area contributed by atoms with Crippen LogP contribution in [0.5, 0.6) is 0 Å². The first-order valence-corrected chi connectivity index (χ1v) is 10.8. The molecule has 2 N–H and O–H groups in total. The van der Waals surface area contributed by atoms with Gasteiger partial charge in [0.05, 0.1) is 6.54 Å². The number of hydrogen-bond acceptors (Lipinski definition) is 4. The van der Waals surface area contributed by atoms with E-state index in [9.17, 15) is 14.4 Å². The summed E-state index contributed by atoms with van der Waals surface area (Å²) in [6.45, 7) is 4.95. The summed E-state index contributed by atoms with van der Waals surface area (Å²) < 4.78 is 7.18. The van der Waals surface area contributed by atoms with Crippen LogP contribution in [0.15, 0.2) is 36.5 Å². The number of carbonyl (C=O) groups is 3. The highest BCUT2D eigenvalue weighted by Gasteiger charge is 2.39. The number of urea groups is 1. The van der Waals surface area contributed by atoms with E-state index in [0.29, 0.717) is 18.6 Å². The van der Waals surface area contributed by atoms with Gasteiger partial charge in [0.15, 0.2) is 5.78 Å². The Labute approximate surface area is 186 Å². The minimum atomic E-state index is -0.684. The zero-order chi connectivity index (χ0) is 22.8. The van der Waals surface area contributed by atoms with Crippen molar-refractivity contribution in [3.8, 4) is 0 Å². The van der Waals surface area contributed by atoms with E-state index >= 15 is 0 Å². The van der Waals surface area contributed by atoms with Crippen LogP contribution in [0.1, 0.15) is 33.7 Å². The predicted octanol–water partition coefficient (Wildman–Crippen LogP) is 2.97. The summed E-state index contributed by atoms with van der Waals surface area (Å²) in [5.41, 5.74) is 4.28. The van der Waals surface area contributed by atoms with Gasteiger partial charge in [-0.1, -0.05) is 18.2 Å².